The van der Waals surface area contributed by atoms with Crippen LogP contribution in [0.2, 0.25) is 0 Å². The van der Waals surface area contributed by atoms with Crippen molar-refractivity contribution >= 4 is 29.0 Å². The lowest BCUT2D eigenvalue weighted by molar-refractivity contribution is -0.105. The average Bonchev–Trinajstić information content (AvgIpc) is 2.61. The summed E-state index contributed by atoms with van der Waals surface area (Å²) in [5, 5.41) is 12.0. The van der Waals surface area contributed by atoms with Gasteiger partial charge in [-0.3, -0.25) is 4.79 Å². The van der Waals surface area contributed by atoms with Crippen molar-refractivity contribution in [1.29, 1.82) is 0 Å². The first-order valence-electron chi connectivity index (χ1n) is 4.27. The number of anilines is 1. The summed E-state index contributed by atoms with van der Waals surface area (Å²) in [6.07, 6.45) is 0.572. The second-order valence-corrected chi connectivity index (χ2v) is 3.05. The number of aromatic carboxylic acids is 1. The summed E-state index contributed by atoms with van der Waals surface area (Å²) in [4.78, 5) is 23.6. The molecule has 5 nitrogen and oxygen atoms in total. The molecule has 76 valence electrons. The van der Waals surface area contributed by atoms with Crippen LogP contribution in [0.4, 0.5) is 5.69 Å². The van der Waals surface area contributed by atoms with E-state index in [9.17, 15) is 9.59 Å². The second kappa shape index (κ2) is 3.45. The Morgan fingerprint density at radius 1 is 1.40 bits per heavy atom. The molecule has 0 saturated heterocycles. The highest BCUT2D eigenvalue weighted by Crippen LogP contribution is 2.19. The first-order chi connectivity index (χ1) is 7.20. The monoisotopic (exact) mass is 204 g/mol. The first kappa shape index (κ1) is 9.26. The van der Waals surface area contributed by atoms with E-state index in [2.05, 4.69) is 10.3 Å². The molecular weight excluding hydrogens is 196 g/mol. The number of amides is 1. The van der Waals surface area contributed by atoms with E-state index >= 15 is 0 Å². The average molecular weight is 204 g/mol. The fourth-order valence-corrected chi connectivity index (χ4v) is 1.40. The summed E-state index contributed by atoms with van der Waals surface area (Å²) in [5.41, 5.74) is 1.43. The third kappa shape index (κ3) is 1.67. The van der Waals surface area contributed by atoms with Crippen LogP contribution in [0.15, 0.2) is 24.3 Å². The topological polar surface area (TPSA) is 82.2 Å². The molecule has 2 aromatic rings. The van der Waals surface area contributed by atoms with Gasteiger partial charge >= 0.3 is 5.97 Å². The van der Waals surface area contributed by atoms with Gasteiger partial charge in [0.2, 0.25) is 6.41 Å². The van der Waals surface area contributed by atoms with Gasteiger partial charge in [-0.1, -0.05) is 6.07 Å². The lowest BCUT2D eigenvalue weighted by Gasteiger charge is -1.97. The molecule has 0 aliphatic rings. The van der Waals surface area contributed by atoms with Crippen molar-refractivity contribution in [1.82, 2.24) is 4.98 Å². The molecular formula is C10H8N2O3. The van der Waals surface area contributed by atoms with Crippen LogP contribution in [0.3, 0.4) is 0 Å². The number of carboxylic acid groups (broad SMARTS) is 1. The van der Waals surface area contributed by atoms with Crippen molar-refractivity contribution in [3.05, 3.63) is 30.0 Å². The number of rotatable bonds is 3. The zero-order valence-corrected chi connectivity index (χ0v) is 7.65. The minimum Gasteiger partial charge on any atom is -0.477 e. The molecule has 1 amide bonds. The van der Waals surface area contributed by atoms with E-state index in [1.165, 1.54) is 0 Å². The molecule has 0 radical (unpaired) electrons. The van der Waals surface area contributed by atoms with Crippen LogP contribution < -0.4 is 5.32 Å². The molecule has 0 unspecified atom stereocenters. The number of benzene rings is 1. The number of H-pyrrole nitrogens is 1. The van der Waals surface area contributed by atoms with Gasteiger partial charge in [-0.05, 0) is 18.2 Å². The molecule has 3 N–H and O–H groups in total. The number of carboxylic acids is 1. The Kier molecular flexibility index (Phi) is 2.13. The fourth-order valence-electron chi connectivity index (χ4n) is 1.40. The summed E-state index contributed by atoms with van der Waals surface area (Å²) >= 11 is 0. The highest BCUT2D eigenvalue weighted by molar-refractivity contribution is 5.95. The normalized spacial score (nSPS) is 10.1. The molecule has 1 aromatic heterocycles. The van der Waals surface area contributed by atoms with Crippen molar-refractivity contribution in [3.8, 4) is 0 Å². The third-order valence-corrected chi connectivity index (χ3v) is 2.08. The summed E-state index contributed by atoms with van der Waals surface area (Å²) in [6.45, 7) is 0. The second-order valence-electron chi connectivity index (χ2n) is 3.05. The Hall–Kier alpha value is -2.30. The molecule has 15 heavy (non-hydrogen) atoms. The van der Waals surface area contributed by atoms with E-state index in [4.69, 9.17) is 5.11 Å². The highest BCUT2D eigenvalue weighted by Gasteiger charge is 2.07. The van der Waals surface area contributed by atoms with Crippen molar-refractivity contribution < 1.29 is 14.7 Å². The molecule has 0 spiro atoms. The number of carbonyl (C=O) groups excluding carboxylic acids is 1. The molecule has 0 bridgehead atoms. The predicted molar refractivity (Wildman–Crippen MR) is 54.9 cm³/mol. The summed E-state index contributed by atoms with van der Waals surface area (Å²) < 4.78 is 0. The standard InChI is InChI=1S/C10H8N2O3/c13-5-11-7-2-1-6-3-9(10(14)15)12-8(6)4-7/h1-5,12H,(H,11,13)(H,14,15). The van der Waals surface area contributed by atoms with Gasteiger partial charge in [-0.15, -0.1) is 0 Å². The Morgan fingerprint density at radius 2 is 2.20 bits per heavy atom. The number of carbonyl (C=O) groups is 2. The molecule has 0 fully saturated rings. The number of aromatic nitrogens is 1. The van der Waals surface area contributed by atoms with Crippen molar-refractivity contribution in [3.63, 3.8) is 0 Å². The van der Waals surface area contributed by atoms with Gasteiger partial charge < -0.3 is 15.4 Å². The van der Waals surface area contributed by atoms with Crippen molar-refractivity contribution in [2.45, 2.75) is 0 Å². The van der Waals surface area contributed by atoms with E-state index in [1.54, 1.807) is 24.3 Å². The maximum absolute atomic E-state index is 10.7. The molecule has 1 aromatic carbocycles. The number of hydrogen-bond acceptors (Lipinski definition) is 2. The Morgan fingerprint density at radius 3 is 2.87 bits per heavy atom. The van der Waals surface area contributed by atoms with E-state index in [1.807, 2.05) is 0 Å². The largest absolute Gasteiger partial charge is 0.477 e. The Balaban J connectivity index is 2.51. The quantitative estimate of drug-likeness (QED) is 0.661. The predicted octanol–water partition coefficient (Wildman–Crippen LogP) is 1.43. The summed E-state index contributed by atoms with van der Waals surface area (Å²) in [5.74, 6) is -1.00. The van der Waals surface area contributed by atoms with Crippen molar-refractivity contribution in [2.24, 2.45) is 0 Å². The third-order valence-electron chi connectivity index (χ3n) is 2.08. The van der Waals surface area contributed by atoms with Gasteiger partial charge in [-0.2, -0.15) is 0 Å². The zero-order valence-electron chi connectivity index (χ0n) is 7.65. The van der Waals surface area contributed by atoms with Crippen molar-refractivity contribution in [2.75, 3.05) is 5.32 Å². The van der Waals surface area contributed by atoms with E-state index < -0.39 is 5.97 Å². The molecule has 0 aliphatic carbocycles. The Bertz CT molecular complexity index is 530. The van der Waals surface area contributed by atoms with Crippen LogP contribution in [0.5, 0.6) is 0 Å². The van der Waals surface area contributed by atoms with Crippen LogP contribution in [0.25, 0.3) is 10.9 Å². The molecule has 0 atom stereocenters. The fraction of sp³-hybridized carbons (Fsp3) is 0. The summed E-state index contributed by atoms with van der Waals surface area (Å²) in [6, 6.07) is 6.67. The molecule has 5 heteroatoms. The minimum atomic E-state index is -1.00. The van der Waals surface area contributed by atoms with Gasteiger partial charge in [-0.25, -0.2) is 4.79 Å². The lowest BCUT2D eigenvalue weighted by atomic mass is 10.2. The van der Waals surface area contributed by atoms with Crippen LogP contribution in [0, 0.1) is 0 Å². The van der Waals surface area contributed by atoms with Gasteiger partial charge in [0.15, 0.2) is 0 Å². The maximum atomic E-state index is 10.7. The first-order valence-corrected chi connectivity index (χ1v) is 4.27. The van der Waals surface area contributed by atoms with Crippen LogP contribution in [0.1, 0.15) is 10.5 Å². The van der Waals surface area contributed by atoms with Gasteiger partial charge in [0.05, 0.1) is 0 Å². The summed E-state index contributed by atoms with van der Waals surface area (Å²) in [7, 11) is 0. The molecule has 1 heterocycles. The molecule has 0 aliphatic heterocycles. The zero-order chi connectivity index (χ0) is 10.8. The maximum Gasteiger partial charge on any atom is 0.352 e. The van der Waals surface area contributed by atoms with Crippen LogP contribution in [-0.2, 0) is 4.79 Å². The van der Waals surface area contributed by atoms with Gasteiger partial charge in [0, 0.05) is 16.6 Å². The Labute approximate surface area is 84.7 Å². The molecule has 2 rings (SSSR count). The lowest BCUT2D eigenvalue weighted by Crippen LogP contribution is -1.95. The number of nitrogens with one attached hydrogen (secondary N) is 2. The minimum absolute atomic E-state index is 0.133. The smallest absolute Gasteiger partial charge is 0.352 e. The van der Waals surface area contributed by atoms with Gasteiger partial charge in [0.1, 0.15) is 5.69 Å². The molecule has 0 saturated carbocycles. The van der Waals surface area contributed by atoms with Crippen LogP contribution in [-0.4, -0.2) is 22.5 Å². The number of hydrogen-bond donors (Lipinski definition) is 3. The highest BCUT2D eigenvalue weighted by atomic mass is 16.4. The van der Waals surface area contributed by atoms with E-state index in [0.717, 1.165) is 5.39 Å². The SMILES string of the molecule is O=CNc1ccc2cc(C(=O)O)[nH]c2c1. The number of aromatic amines is 1. The van der Waals surface area contributed by atoms with E-state index in [-0.39, 0.29) is 5.69 Å². The van der Waals surface area contributed by atoms with Gasteiger partial charge in [0.25, 0.3) is 0 Å². The number of fused-ring (bicyclic) bond motifs is 1. The van der Waals surface area contributed by atoms with E-state index in [0.29, 0.717) is 17.6 Å². The van der Waals surface area contributed by atoms with Crippen LogP contribution >= 0.6 is 0 Å².